The number of pyridine rings is 1. The van der Waals surface area contributed by atoms with Gasteiger partial charge in [0.05, 0.1) is 17.7 Å². The molecule has 0 amide bonds. The molecule has 38 heavy (non-hydrogen) atoms. The van der Waals surface area contributed by atoms with Crippen molar-refractivity contribution in [3.63, 3.8) is 0 Å². The molecule has 0 bridgehead atoms. The van der Waals surface area contributed by atoms with Gasteiger partial charge in [-0.3, -0.25) is 4.98 Å². The molecule has 4 nitrogen and oxygen atoms in total. The molecule has 11 heteroatoms. The number of rotatable bonds is 7. The van der Waals surface area contributed by atoms with Crippen molar-refractivity contribution in [2.75, 3.05) is 6.61 Å². The van der Waals surface area contributed by atoms with Crippen molar-refractivity contribution >= 4 is 33.0 Å². The third-order valence-electron chi connectivity index (χ3n) is 5.96. The Morgan fingerprint density at radius 3 is 2.37 bits per heavy atom. The van der Waals surface area contributed by atoms with Gasteiger partial charge in [-0.05, 0) is 67.2 Å². The van der Waals surface area contributed by atoms with Gasteiger partial charge >= 0.3 is 12.1 Å². The highest BCUT2D eigenvalue weighted by atomic mass is 79.9. The summed E-state index contributed by atoms with van der Waals surface area (Å²) in [6.45, 7) is 0.852. The predicted molar refractivity (Wildman–Crippen MR) is 131 cm³/mol. The van der Waals surface area contributed by atoms with Gasteiger partial charge < -0.3 is 9.47 Å². The summed E-state index contributed by atoms with van der Waals surface area (Å²) < 4.78 is 93.3. The quantitative estimate of drug-likeness (QED) is 0.203. The molecular formula is C27H20BrF6NO3. The maximum atomic E-state index is 14.1. The summed E-state index contributed by atoms with van der Waals surface area (Å²) in [5.41, 5.74) is -0.246. The summed E-state index contributed by atoms with van der Waals surface area (Å²) in [6, 6.07) is 7.19. The molecule has 0 fully saturated rings. The lowest BCUT2D eigenvalue weighted by Crippen LogP contribution is -2.17. The van der Waals surface area contributed by atoms with Crippen LogP contribution in [0, 0.1) is 17.5 Å². The third-order valence-corrected chi connectivity index (χ3v) is 6.46. The lowest BCUT2D eigenvalue weighted by Gasteiger charge is -2.17. The van der Waals surface area contributed by atoms with E-state index in [-0.39, 0.29) is 12.4 Å². The van der Waals surface area contributed by atoms with Crippen LogP contribution in [0.3, 0.4) is 0 Å². The smallest absolute Gasteiger partial charge is 0.434 e. The van der Waals surface area contributed by atoms with E-state index in [2.05, 4.69) is 20.9 Å². The fraction of sp³-hybridized carbons (Fsp3) is 0.259. The molecule has 0 spiro atoms. The fourth-order valence-corrected chi connectivity index (χ4v) is 4.66. The van der Waals surface area contributed by atoms with Crippen LogP contribution in [-0.2, 0) is 17.5 Å². The van der Waals surface area contributed by atoms with Crippen molar-refractivity contribution in [1.82, 2.24) is 4.98 Å². The lowest BCUT2D eigenvalue weighted by molar-refractivity contribution is -0.141. The van der Waals surface area contributed by atoms with Gasteiger partial charge in [-0.25, -0.2) is 18.0 Å². The molecule has 1 aliphatic rings. The SMILES string of the molecule is CCOC(=O)c1cc(C2=C(c3cc(Br)ccc3OCc3c(F)cc(F)cc3F)CCC2)cnc1C(F)(F)F. The minimum absolute atomic E-state index is 0.109. The zero-order chi connectivity index (χ0) is 27.6. The fourth-order valence-electron chi connectivity index (χ4n) is 4.30. The van der Waals surface area contributed by atoms with Gasteiger partial charge in [-0.1, -0.05) is 15.9 Å². The Labute approximate surface area is 222 Å². The topological polar surface area (TPSA) is 48.4 Å². The second kappa shape index (κ2) is 11.2. The van der Waals surface area contributed by atoms with E-state index in [0.717, 1.165) is 17.8 Å². The Bertz CT molecular complexity index is 1400. The highest BCUT2D eigenvalue weighted by Gasteiger charge is 2.38. The molecule has 200 valence electrons. The Balaban J connectivity index is 1.77. The van der Waals surface area contributed by atoms with Crippen molar-refractivity contribution in [2.24, 2.45) is 0 Å². The van der Waals surface area contributed by atoms with E-state index in [1.807, 2.05) is 0 Å². The van der Waals surface area contributed by atoms with Gasteiger partial charge in [0.15, 0.2) is 5.69 Å². The number of carbonyl (C=O) groups excluding carboxylic acids is 1. The monoisotopic (exact) mass is 599 g/mol. The van der Waals surface area contributed by atoms with Crippen LogP contribution in [0.4, 0.5) is 26.3 Å². The van der Waals surface area contributed by atoms with E-state index >= 15 is 0 Å². The average Bonchev–Trinajstić information content (AvgIpc) is 3.33. The van der Waals surface area contributed by atoms with E-state index in [1.54, 1.807) is 18.2 Å². The minimum Gasteiger partial charge on any atom is -0.488 e. The summed E-state index contributed by atoms with van der Waals surface area (Å²) in [5, 5.41) is 0. The highest BCUT2D eigenvalue weighted by Crippen LogP contribution is 2.44. The number of alkyl halides is 3. The molecule has 1 aromatic heterocycles. The van der Waals surface area contributed by atoms with E-state index in [0.29, 0.717) is 52.6 Å². The molecule has 4 rings (SSSR count). The number of allylic oxidation sites excluding steroid dienone is 2. The van der Waals surface area contributed by atoms with Gasteiger partial charge in [0, 0.05) is 28.4 Å². The summed E-state index contributed by atoms with van der Waals surface area (Å²) in [6.07, 6.45) is -2.12. The first-order valence-electron chi connectivity index (χ1n) is 11.5. The molecule has 1 aliphatic carbocycles. The largest absolute Gasteiger partial charge is 0.488 e. The number of carbonyl (C=O) groups is 1. The summed E-state index contributed by atoms with van der Waals surface area (Å²) in [7, 11) is 0. The van der Waals surface area contributed by atoms with Gasteiger partial charge in [-0.15, -0.1) is 0 Å². The number of benzene rings is 2. The maximum Gasteiger partial charge on any atom is 0.434 e. The van der Waals surface area contributed by atoms with Crippen molar-refractivity contribution in [2.45, 2.75) is 39.0 Å². The van der Waals surface area contributed by atoms with Crippen molar-refractivity contribution < 1.29 is 40.6 Å². The van der Waals surface area contributed by atoms with Crippen molar-refractivity contribution in [1.29, 1.82) is 0 Å². The van der Waals surface area contributed by atoms with Crippen LogP contribution in [0.1, 0.15) is 58.9 Å². The van der Waals surface area contributed by atoms with Gasteiger partial charge in [0.25, 0.3) is 0 Å². The van der Waals surface area contributed by atoms with Crippen LogP contribution >= 0.6 is 15.9 Å². The molecule has 0 saturated heterocycles. The van der Waals surface area contributed by atoms with Gasteiger partial charge in [0.1, 0.15) is 29.8 Å². The van der Waals surface area contributed by atoms with Crippen LogP contribution in [0.15, 0.2) is 47.1 Å². The first-order valence-corrected chi connectivity index (χ1v) is 12.3. The van der Waals surface area contributed by atoms with E-state index < -0.39 is 53.0 Å². The molecule has 1 heterocycles. The van der Waals surface area contributed by atoms with Crippen LogP contribution in [0.5, 0.6) is 5.75 Å². The first-order chi connectivity index (χ1) is 18.0. The van der Waals surface area contributed by atoms with Crippen LogP contribution < -0.4 is 4.74 Å². The molecule has 0 saturated carbocycles. The summed E-state index contributed by atoms with van der Waals surface area (Å²) in [4.78, 5) is 15.9. The Hall–Kier alpha value is -3.34. The van der Waals surface area contributed by atoms with E-state index in [4.69, 9.17) is 9.47 Å². The summed E-state index contributed by atoms with van der Waals surface area (Å²) in [5.74, 6) is -4.12. The molecule has 0 aliphatic heterocycles. The number of aromatic nitrogens is 1. The standard InChI is InChI=1S/C27H20BrF6NO3/c1-2-37-26(36)20-8-14(12-35-25(20)27(32,33)34)17-4-3-5-18(17)19-9-15(28)6-7-24(19)38-13-21-22(30)10-16(29)11-23(21)31/h6-12H,2-5,13H2,1H3. The number of ether oxygens (including phenoxy) is 2. The van der Waals surface area contributed by atoms with E-state index in [9.17, 15) is 31.1 Å². The number of esters is 1. The summed E-state index contributed by atoms with van der Waals surface area (Å²) >= 11 is 3.39. The maximum absolute atomic E-state index is 14.1. The van der Waals surface area contributed by atoms with Crippen LogP contribution in [-0.4, -0.2) is 17.6 Å². The van der Waals surface area contributed by atoms with Crippen LogP contribution in [0.2, 0.25) is 0 Å². The highest BCUT2D eigenvalue weighted by molar-refractivity contribution is 9.10. The average molecular weight is 600 g/mol. The Morgan fingerprint density at radius 2 is 1.71 bits per heavy atom. The van der Waals surface area contributed by atoms with Crippen molar-refractivity contribution in [3.05, 3.63) is 92.5 Å². The molecule has 3 aromatic rings. The second-order valence-corrected chi connectivity index (χ2v) is 9.34. The zero-order valence-electron chi connectivity index (χ0n) is 19.9. The molecule has 0 N–H and O–H groups in total. The Morgan fingerprint density at radius 1 is 1.03 bits per heavy atom. The van der Waals surface area contributed by atoms with Gasteiger partial charge in [0.2, 0.25) is 0 Å². The lowest BCUT2D eigenvalue weighted by atomic mass is 9.96. The predicted octanol–water partition coefficient (Wildman–Crippen LogP) is 8.13. The molecule has 0 unspecified atom stereocenters. The number of halogens is 7. The number of hydrogen-bond donors (Lipinski definition) is 0. The van der Waals surface area contributed by atoms with Crippen LogP contribution in [0.25, 0.3) is 11.1 Å². The number of hydrogen-bond acceptors (Lipinski definition) is 4. The molecule has 2 aromatic carbocycles. The second-order valence-electron chi connectivity index (χ2n) is 8.43. The normalized spacial score (nSPS) is 13.7. The first kappa shape index (κ1) is 27.7. The van der Waals surface area contributed by atoms with Crippen molar-refractivity contribution in [3.8, 4) is 5.75 Å². The number of nitrogens with zero attached hydrogens (tertiary/aromatic N) is 1. The molecular weight excluding hydrogens is 580 g/mol. The third kappa shape index (κ3) is 5.87. The molecule has 0 radical (unpaired) electrons. The van der Waals surface area contributed by atoms with Gasteiger partial charge in [-0.2, -0.15) is 13.2 Å². The minimum atomic E-state index is -4.86. The zero-order valence-corrected chi connectivity index (χ0v) is 21.5. The van der Waals surface area contributed by atoms with E-state index in [1.165, 1.54) is 6.92 Å². The molecule has 0 atom stereocenters. The Kier molecular flexibility index (Phi) is 8.15.